The van der Waals surface area contributed by atoms with Crippen molar-refractivity contribution >= 4 is 10.9 Å². The zero-order chi connectivity index (χ0) is 13.8. The van der Waals surface area contributed by atoms with Crippen LogP contribution in [0.2, 0.25) is 0 Å². The summed E-state index contributed by atoms with van der Waals surface area (Å²) in [4.78, 5) is 2.20. The van der Waals surface area contributed by atoms with Gasteiger partial charge in [0.2, 0.25) is 0 Å². The molecule has 0 saturated carbocycles. The van der Waals surface area contributed by atoms with Crippen LogP contribution in [0.3, 0.4) is 0 Å². The molecule has 0 saturated heterocycles. The number of hydrogen-bond donors (Lipinski definition) is 0. The molecule has 0 fully saturated rings. The molecule has 0 amide bonds. The zero-order valence-electron chi connectivity index (χ0n) is 12.1. The number of benzene rings is 1. The van der Waals surface area contributed by atoms with Crippen molar-refractivity contribution in [1.29, 1.82) is 0 Å². The molecule has 0 N–H and O–H groups in total. The van der Waals surface area contributed by atoms with Crippen molar-refractivity contribution in [1.82, 2.24) is 9.47 Å². The van der Waals surface area contributed by atoms with Gasteiger partial charge in [0, 0.05) is 31.3 Å². The van der Waals surface area contributed by atoms with Gasteiger partial charge in [-0.3, -0.25) is 0 Å². The quantitative estimate of drug-likeness (QED) is 0.799. The second-order valence-corrected chi connectivity index (χ2v) is 4.98. The number of ether oxygens (including phenoxy) is 2. The van der Waals surface area contributed by atoms with Gasteiger partial charge >= 0.3 is 0 Å². The van der Waals surface area contributed by atoms with Crippen LogP contribution in [0.5, 0.6) is 5.75 Å². The van der Waals surface area contributed by atoms with Crippen LogP contribution in [0.15, 0.2) is 24.4 Å². The van der Waals surface area contributed by atoms with E-state index in [1.807, 2.05) is 6.07 Å². The molecule has 1 aromatic carbocycles. The molecule has 4 nitrogen and oxygen atoms in total. The van der Waals surface area contributed by atoms with Crippen molar-refractivity contribution in [2.75, 3.05) is 34.9 Å². The highest BCUT2D eigenvalue weighted by atomic mass is 16.5. The van der Waals surface area contributed by atoms with Crippen molar-refractivity contribution in [2.24, 2.45) is 0 Å². The number of methoxy groups -OCH3 is 2. The normalized spacial score (nSPS) is 11.4. The summed E-state index contributed by atoms with van der Waals surface area (Å²) >= 11 is 0. The Bertz CT molecular complexity index is 546. The Labute approximate surface area is 114 Å². The molecule has 19 heavy (non-hydrogen) atoms. The molecule has 4 heteroatoms. The molecule has 0 atom stereocenters. The van der Waals surface area contributed by atoms with Crippen molar-refractivity contribution in [3.8, 4) is 5.75 Å². The standard InChI is InChI=1S/C15H22N2O2/c1-16(2)8-7-12-10-17(11-18-3)15-9-13(19-4)5-6-14(12)15/h5-6,9-10H,7-8,11H2,1-4H3. The fourth-order valence-electron chi connectivity index (χ4n) is 2.26. The van der Waals surface area contributed by atoms with Gasteiger partial charge < -0.3 is 18.9 Å². The summed E-state index contributed by atoms with van der Waals surface area (Å²) in [6.07, 6.45) is 3.21. The molecule has 0 aliphatic rings. The maximum Gasteiger partial charge on any atom is 0.122 e. The Morgan fingerprint density at radius 3 is 2.63 bits per heavy atom. The lowest BCUT2D eigenvalue weighted by Gasteiger charge is -2.08. The van der Waals surface area contributed by atoms with E-state index in [1.165, 1.54) is 10.9 Å². The number of rotatable bonds is 6. The molecule has 1 heterocycles. The van der Waals surface area contributed by atoms with Gasteiger partial charge in [0.15, 0.2) is 0 Å². The number of hydrogen-bond acceptors (Lipinski definition) is 3. The predicted molar refractivity (Wildman–Crippen MR) is 77.8 cm³/mol. The lowest BCUT2D eigenvalue weighted by atomic mass is 10.1. The van der Waals surface area contributed by atoms with Crippen LogP contribution in [0.1, 0.15) is 5.56 Å². The average molecular weight is 262 g/mol. The predicted octanol–water partition coefficient (Wildman–Crippen LogP) is 2.36. The van der Waals surface area contributed by atoms with Crippen LogP contribution in [0, 0.1) is 0 Å². The topological polar surface area (TPSA) is 26.6 Å². The highest BCUT2D eigenvalue weighted by molar-refractivity contribution is 5.85. The van der Waals surface area contributed by atoms with Crippen molar-refractivity contribution in [3.63, 3.8) is 0 Å². The average Bonchev–Trinajstić information content (AvgIpc) is 2.74. The Morgan fingerprint density at radius 2 is 2.00 bits per heavy atom. The number of likely N-dealkylation sites (N-methyl/N-ethyl adjacent to an activating group) is 1. The summed E-state index contributed by atoms with van der Waals surface area (Å²) in [5.41, 5.74) is 2.51. The second kappa shape index (κ2) is 6.08. The minimum Gasteiger partial charge on any atom is -0.497 e. The van der Waals surface area contributed by atoms with E-state index in [0.717, 1.165) is 24.2 Å². The summed E-state index contributed by atoms with van der Waals surface area (Å²) in [7, 11) is 7.60. The molecule has 0 unspecified atom stereocenters. The maximum atomic E-state index is 5.30. The van der Waals surface area contributed by atoms with Crippen molar-refractivity contribution in [2.45, 2.75) is 13.2 Å². The van der Waals surface area contributed by atoms with E-state index in [1.54, 1.807) is 14.2 Å². The fraction of sp³-hybridized carbons (Fsp3) is 0.467. The highest BCUT2D eigenvalue weighted by Crippen LogP contribution is 2.26. The van der Waals surface area contributed by atoms with Gasteiger partial charge in [0.05, 0.1) is 12.6 Å². The third-order valence-electron chi connectivity index (χ3n) is 3.27. The van der Waals surface area contributed by atoms with Crippen molar-refractivity contribution in [3.05, 3.63) is 30.0 Å². The lowest BCUT2D eigenvalue weighted by molar-refractivity contribution is 0.134. The third kappa shape index (κ3) is 3.08. The van der Waals surface area contributed by atoms with Gasteiger partial charge in [0.25, 0.3) is 0 Å². The van der Waals surface area contributed by atoms with E-state index in [-0.39, 0.29) is 0 Å². The van der Waals surface area contributed by atoms with Gasteiger partial charge in [-0.05, 0) is 38.2 Å². The molecule has 0 radical (unpaired) electrons. The molecule has 1 aromatic heterocycles. The zero-order valence-corrected chi connectivity index (χ0v) is 12.1. The Balaban J connectivity index is 2.41. The first-order valence-corrected chi connectivity index (χ1v) is 6.45. The van der Waals surface area contributed by atoms with E-state index in [9.17, 15) is 0 Å². The fourth-order valence-corrected chi connectivity index (χ4v) is 2.26. The third-order valence-corrected chi connectivity index (χ3v) is 3.27. The first-order chi connectivity index (χ1) is 9.15. The Morgan fingerprint density at radius 1 is 1.21 bits per heavy atom. The first kappa shape index (κ1) is 13.9. The number of aromatic nitrogens is 1. The summed E-state index contributed by atoms with van der Waals surface area (Å²) in [6, 6.07) is 6.21. The SMILES string of the molecule is COCn1cc(CCN(C)C)c2ccc(OC)cc21. The van der Waals surface area contributed by atoms with Gasteiger partial charge in [0.1, 0.15) is 12.5 Å². The van der Waals surface area contributed by atoms with E-state index < -0.39 is 0 Å². The van der Waals surface area contributed by atoms with E-state index in [2.05, 4.69) is 41.9 Å². The molecule has 0 aliphatic heterocycles. The summed E-state index contributed by atoms with van der Waals surface area (Å²) in [5, 5.41) is 1.28. The largest absolute Gasteiger partial charge is 0.497 e. The minimum atomic E-state index is 0.561. The van der Waals surface area contributed by atoms with Crippen LogP contribution in [-0.4, -0.2) is 44.3 Å². The molecule has 2 rings (SSSR count). The van der Waals surface area contributed by atoms with E-state index in [4.69, 9.17) is 9.47 Å². The van der Waals surface area contributed by atoms with Crippen LogP contribution >= 0.6 is 0 Å². The molecule has 104 valence electrons. The molecule has 2 aromatic rings. The van der Waals surface area contributed by atoms with Crippen LogP contribution in [-0.2, 0) is 17.9 Å². The minimum absolute atomic E-state index is 0.561. The Kier molecular flexibility index (Phi) is 4.45. The second-order valence-electron chi connectivity index (χ2n) is 4.98. The van der Waals surface area contributed by atoms with Gasteiger partial charge in [-0.25, -0.2) is 0 Å². The highest BCUT2D eigenvalue weighted by Gasteiger charge is 2.09. The maximum absolute atomic E-state index is 5.30. The smallest absolute Gasteiger partial charge is 0.122 e. The van der Waals surface area contributed by atoms with E-state index in [0.29, 0.717) is 6.73 Å². The summed E-state index contributed by atoms with van der Waals surface area (Å²) < 4.78 is 12.7. The van der Waals surface area contributed by atoms with Crippen molar-refractivity contribution < 1.29 is 9.47 Å². The molecule has 0 aliphatic carbocycles. The van der Waals surface area contributed by atoms with Gasteiger partial charge in [-0.15, -0.1) is 0 Å². The van der Waals surface area contributed by atoms with Gasteiger partial charge in [-0.1, -0.05) is 0 Å². The van der Waals surface area contributed by atoms with Crippen LogP contribution in [0.4, 0.5) is 0 Å². The monoisotopic (exact) mass is 262 g/mol. The molecule has 0 bridgehead atoms. The lowest BCUT2D eigenvalue weighted by Crippen LogP contribution is -2.14. The Hall–Kier alpha value is -1.52. The summed E-state index contributed by atoms with van der Waals surface area (Å²) in [6.45, 7) is 1.60. The van der Waals surface area contributed by atoms with Crippen LogP contribution in [0.25, 0.3) is 10.9 Å². The number of nitrogens with zero attached hydrogens (tertiary/aromatic N) is 2. The molecular formula is C15H22N2O2. The molecule has 0 spiro atoms. The number of fused-ring (bicyclic) bond motifs is 1. The van der Waals surface area contributed by atoms with Gasteiger partial charge in [-0.2, -0.15) is 0 Å². The van der Waals surface area contributed by atoms with Crippen LogP contribution < -0.4 is 4.74 Å². The molecular weight excluding hydrogens is 240 g/mol. The van der Waals surface area contributed by atoms with E-state index >= 15 is 0 Å². The summed E-state index contributed by atoms with van der Waals surface area (Å²) in [5.74, 6) is 0.877. The first-order valence-electron chi connectivity index (χ1n) is 6.45.